The number of hydrogen-bond acceptors (Lipinski definition) is 3. The molecule has 5 fully saturated rings. The molecule has 5 rings (SSSR count). The number of halogens is 1. The maximum Gasteiger partial charge on any atom is 0.245 e. The smallest absolute Gasteiger partial charge is 0.245 e. The minimum Gasteiger partial charge on any atom is -0.344 e. The van der Waals surface area contributed by atoms with Gasteiger partial charge in [0.05, 0.1) is 0 Å². The molecular formula is C22H38ClN3O2. The lowest BCUT2D eigenvalue weighted by Gasteiger charge is -2.56. The zero-order valence-electron chi connectivity index (χ0n) is 17.7. The fourth-order valence-corrected chi connectivity index (χ4v) is 6.88. The molecule has 4 aliphatic carbocycles. The van der Waals surface area contributed by atoms with Gasteiger partial charge in [-0.2, -0.15) is 0 Å². The van der Waals surface area contributed by atoms with Crippen LogP contribution in [0.5, 0.6) is 0 Å². The van der Waals surface area contributed by atoms with Gasteiger partial charge < -0.3 is 15.5 Å². The lowest BCUT2D eigenvalue weighted by atomic mass is 9.49. The summed E-state index contributed by atoms with van der Waals surface area (Å²) in [6, 6.07) is -0.376. The number of rotatable bonds is 6. The average molecular weight is 412 g/mol. The van der Waals surface area contributed by atoms with Crippen molar-refractivity contribution >= 4 is 24.2 Å². The summed E-state index contributed by atoms with van der Waals surface area (Å²) in [5, 5.41) is 6.47. The molecule has 2 N–H and O–H groups in total. The molecule has 0 aromatic rings. The summed E-state index contributed by atoms with van der Waals surface area (Å²) < 4.78 is 0. The Bertz CT molecular complexity index is 559. The fraction of sp³-hybridized carbons (Fsp3) is 0.909. The van der Waals surface area contributed by atoms with Gasteiger partial charge in [0.2, 0.25) is 11.8 Å². The molecule has 1 heterocycles. The SMILES string of the molecule is CNCC1CCN(C(=O)C(NC(=O)C23CC4CC(CC(C4)C2)C3)C(C)C)C1.Cl. The molecule has 0 aromatic heterocycles. The zero-order valence-corrected chi connectivity index (χ0v) is 18.5. The lowest BCUT2D eigenvalue weighted by molar-refractivity contribution is -0.150. The van der Waals surface area contributed by atoms with E-state index in [0.717, 1.165) is 63.1 Å². The van der Waals surface area contributed by atoms with Gasteiger partial charge in [0.15, 0.2) is 0 Å². The standard InChI is InChI=1S/C22H37N3O2.ClH/c1-14(2)19(20(26)25-5-4-15(13-25)12-23-3)24-21(27)22-9-16-6-17(10-22)8-18(7-16)11-22;/h14-19,23H,4-13H2,1-3H3,(H,24,27);1H. The van der Waals surface area contributed by atoms with Gasteiger partial charge in [0.25, 0.3) is 0 Å². The Labute approximate surface area is 176 Å². The van der Waals surface area contributed by atoms with Gasteiger partial charge in [-0.1, -0.05) is 13.8 Å². The monoisotopic (exact) mass is 411 g/mol. The van der Waals surface area contributed by atoms with Crippen molar-refractivity contribution in [1.82, 2.24) is 15.5 Å². The van der Waals surface area contributed by atoms with Crippen molar-refractivity contribution in [1.29, 1.82) is 0 Å². The highest BCUT2D eigenvalue weighted by molar-refractivity contribution is 5.90. The summed E-state index contributed by atoms with van der Waals surface area (Å²) in [5.41, 5.74) is -0.179. The minimum atomic E-state index is -0.376. The molecule has 5 aliphatic rings. The molecule has 1 aliphatic heterocycles. The van der Waals surface area contributed by atoms with Gasteiger partial charge in [-0.25, -0.2) is 0 Å². The third-order valence-electron chi connectivity index (χ3n) is 7.83. The molecule has 1 saturated heterocycles. The van der Waals surface area contributed by atoms with Gasteiger partial charge in [-0.15, -0.1) is 12.4 Å². The second kappa shape index (κ2) is 8.51. The number of hydrogen-bond donors (Lipinski definition) is 2. The molecular weight excluding hydrogens is 374 g/mol. The molecule has 4 bridgehead atoms. The largest absolute Gasteiger partial charge is 0.344 e. The second-order valence-electron chi connectivity index (χ2n) is 10.4. The zero-order chi connectivity index (χ0) is 19.2. The molecule has 6 heteroatoms. The number of nitrogens with one attached hydrogen (secondary N) is 2. The van der Waals surface area contributed by atoms with Crippen molar-refractivity contribution in [3.63, 3.8) is 0 Å². The van der Waals surface area contributed by atoms with Crippen LogP contribution >= 0.6 is 12.4 Å². The highest BCUT2D eigenvalue weighted by Gasteiger charge is 2.55. The number of likely N-dealkylation sites (tertiary alicyclic amines) is 1. The molecule has 28 heavy (non-hydrogen) atoms. The van der Waals surface area contributed by atoms with E-state index in [9.17, 15) is 9.59 Å². The van der Waals surface area contributed by atoms with Gasteiger partial charge in [-0.05, 0) is 88.1 Å². The van der Waals surface area contributed by atoms with Crippen molar-refractivity contribution in [3.8, 4) is 0 Å². The first-order valence-electron chi connectivity index (χ1n) is 11.1. The van der Waals surface area contributed by atoms with Gasteiger partial charge in [0.1, 0.15) is 6.04 Å². The lowest BCUT2D eigenvalue weighted by Crippen LogP contribution is -2.58. The Kier molecular flexibility index (Phi) is 6.65. The van der Waals surface area contributed by atoms with Crippen LogP contribution in [0, 0.1) is 35.0 Å². The number of amides is 2. The van der Waals surface area contributed by atoms with E-state index >= 15 is 0 Å². The van der Waals surface area contributed by atoms with E-state index in [0.29, 0.717) is 5.92 Å². The number of carbonyl (C=O) groups is 2. The van der Waals surface area contributed by atoms with Crippen LogP contribution in [0.3, 0.4) is 0 Å². The first kappa shape index (κ1) is 21.9. The Balaban J connectivity index is 0.00000225. The van der Waals surface area contributed by atoms with E-state index in [2.05, 4.69) is 24.5 Å². The summed E-state index contributed by atoms with van der Waals surface area (Å²) in [4.78, 5) is 28.6. The molecule has 160 valence electrons. The third kappa shape index (κ3) is 4.07. The fourth-order valence-electron chi connectivity index (χ4n) is 6.88. The summed E-state index contributed by atoms with van der Waals surface area (Å²) in [7, 11) is 1.97. The van der Waals surface area contributed by atoms with E-state index in [-0.39, 0.29) is 41.6 Å². The average Bonchev–Trinajstić information content (AvgIpc) is 3.06. The van der Waals surface area contributed by atoms with Crippen LogP contribution in [-0.2, 0) is 9.59 Å². The van der Waals surface area contributed by atoms with Crippen molar-refractivity contribution in [2.45, 2.75) is 64.8 Å². The molecule has 2 unspecified atom stereocenters. The van der Waals surface area contributed by atoms with Crippen LogP contribution in [0.1, 0.15) is 58.8 Å². The molecule has 4 saturated carbocycles. The van der Waals surface area contributed by atoms with Crippen molar-refractivity contribution < 1.29 is 9.59 Å². The summed E-state index contributed by atoms with van der Waals surface area (Å²) >= 11 is 0. The Hall–Kier alpha value is -0.810. The maximum atomic E-state index is 13.4. The van der Waals surface area contributed by atoms with Crippen molar-refractivity contribution in [2.24, 2.45) is 35.0 Å². The molecule has 2 atom stereocenters. The van der Waals surface area contributed by atoms with Crippen LogP contribution < -0.4 is 10.6 Å². The van der Waals surface area contributed by atoms with Crippen molar-refractivity contribution in [2.75, 3.05) is 26.7 Å². The Morgan fingerprint density at radius 3 is 2.14 bits per heavy atom. The highest BCUT2D eigenvalue weighted by atomic mass is 35.5. The van der Waals surface area contributed by atoms with E-state index in [1.54, 1.807) is 0 Å². The minimum absolute atomic E-state index is 0. The molecule has 2 amide bonds. The first-order valence-corrected chi connectivity index (χ1v) is 11.1. The van der Waals surface area contributed by atoms with Gasteiger partial charge in [-0.3, -0.25) is 9.59 Å². The summed E-state index contributed by atoms with van der Waals surface area (Å²) in [6.45, 7) is 6.71. The van der Waals surface area contributed by atoms with E-state index in [4.69, 9.17) is 0 Å². The summed E-state index contributed by atoms with van der Waals surface area (Å²) in [6.07, 6.45) is 8.22. The van der Waals surface area contributed by atoms with Crippen LogP contribution in [0.15, 0.2) is 0 Å². The first-order chi connectivity index (χ1) is 12.9. The number of nitrogens with zero attached hydrogens (tertiary/aromatic N) is 1. The van der Waals surface area contributed by atoms with Crippen LogP contribution in [0.2, 0.25) is 0 Å². The highest BCUT2D eigenvalue weighted by Crippen LogP contribution is 2.60. The maximum absolute atomic E-state index is 13.4. The summed E-state index contributed by atoms with van der Waals surface area (Å²) in [5.74, 6) is 3.20. The third-order valence-corrected chi connectivity index (χ3v) is 7.83. The predicted octanol–water partition coefficient (Wildman–Crippen LogP) is 2.83. The van der Waals surface area contributed by atoms with Gasteiger partial charge in [0, 0.05) is 18.5 Å². The Morgan fingerprint density at radius 1 is 1.07 bits per heavy atom. The van der Waals surface area contributed by atoms with E-state index in [1.165, 1.54) is 19.3 Å². The van der Waals surface area contributed by atoms with E-state index < -0.39 is 0 Å². The quantitative estimate of drug-likeness (QED) is 0.706. The number of carbonyl (C=O) groups excluding carboxylic acids is 2. The second-order valence-corrected chi connectivity index (χ2v) is 10.4. The predicted molar refractivity (Wildman–Crippen MR) is 113 cm³/mol. The topological polar surface area (TPSA) is 61.4 Å². The Morgan fingerprint density at radius 2 is 1.64 bits per heavy atom. The molecule has 0 radical (unpaired) electrons. The normalized spacial score (nSPS) is 37.1. The van der Waals surface area contributed by atoms with Crippen LogP contribution in [0.4, 0.5) is 0 Å². The molecule has 0 aromatic carbocycles. The van der Waals surface area contributed by atoms with E-state index in [1.807, 2.05) is 11.9 Å². The molecule has 5 nitrogen and oxygen atoms in total. The van der Waals surface area contributed by atoms with Crippen molar-refractivity contribution in [3.05, 3.63) is 0 Å². The van der Waals surface area contributed by atoms with Crippen LogP contribution in [0.25, 0.3) is 0 Å². The van der Waals surface area contributed by atoms with Crippen LogP contribution in [-0.4, -0.2) is 49.4 Å². The van der Waals surface area contributed by atoms with Gasteiger partial charge >= 0.3 is 0 Å². The molecule has 0 spiro atoms.